The summed E-state index contributed by atoms with van der Waals surface area (Å²) in [6.07, 6.45) is 3.72. The molecular weight excluding hydrogens is 178 g/mol. The van der Waals surface area contributed by atoms with Gasteiger partial charge < -0.3 is 0 Å². The highest BCUT2D eigenvalue weighted by Gasteiger charge is 2.25. The minimum atomic E-state index is -0.0253. The first-order valence-corrected chi connectivity index (χ1v) is 4.64. The molecule has 2 heterocycles. The summed E-state index contributed by atoms with van der Waals surface area (Å²) in [6.45, 7) is 6.25. The molecule has 1 aromatic rings. The molecule has 0 atom stereocenters. The summed E-state index contributed by atoms with van der Waals surface area (Å²) < 4.78 is 1.39. The number of rotatable bonds is 0. The van der Waals surface area contributed by atoms with E-state index in [1.54, 1.807) is 12.4 Å². The second-order valence-corrected chi connectivity index (χ2v) is 4.45. The molecule has 0 spiro atoms. The topological polar surface area (TPSA) is 47.2 Å². The quantitative estimate of drug-likeness (QED) is 0.629. The van der Waals surface area contributed by atoms with Gasteiger partial charge in [-0.05, 0) is 5.41 Å². The van der Waals surface area contributed by atoms with Crippen LogP contribution in [0.1, 0.15) is 37.6 Å². The minimum absolute atomic E-state index is 0.00880. The van der Waals surface area contributed by atoms with E-state index in [0.29, 0.717) is 12.2 Å². The van der Waals surface area contributed by atoms with Crippen LogP contribution in [-0.2, 0) is 5.41 Å². The molecule has 0 aliphatic carbocycles. The molecule has 0 unspecified atom stereocenters. The Labute approximate surface area is 82.6 Å². The van der Waals surface area contributed by atoms with Gasteiger partial charge >= 0.3 is 0 Å². The van der Waals surface area contributed by atoms with Gasteiger partial charge in [0.15, 0.2) is 5.82 Å². The molecule has 74 valence electrons. The highest BCUT2D eigenvalue weighted by molar-refractivity contribution is 5.96. The van der Waals surface area contributed by atoms with Crippen LogP contribution >= 0.6 is 0 Å². The van der Waals surface area contributed by atoms with Crippen molar-refractivity contribution in [2.24, 2.45) is 4.99 Å². The van der Waals surface area contributed by atoms with Gasteiger partial charge in [-0.1, -0.05) is 20.8 Å². The lowest BCUT2D eigenvalue weighted by Gasteiger charge is -2.18. The predicted molar refractivity (Wildman–Crippen MR) is 54.3 cm³/mol. The van der Waals surface area contributed by atoms with Crippen molar-refractivity contribution in [3.63, 3.8) is 0 Å². The number of fused-ring (bicyclic) bond motifs is 1. The Bertz CT molecular complexity index is 409. The monoisotopic (exact) mass is 191 g/mol. The number of aromatic nitrogens is 2. The Balaban J connectivity index is 2.59. The molecule has 0 N–H and O–H groups in total. The number of hydrogen-bond acceptors (Lipinski definition) is 3. The molecule has 1 aromatic heterocycles. The van der Waals surface area contributed by atoms with E-state index in [-0.39, 0.29) is 11.3 Å². The highest BCUT2D eigenvalue weighted by atomic mass is 16.2. The van der Waals surface area contributed by atoms with Crippen LogP contribution < -0.4 is 0 Å². The molecule has 0 amide bonds. The van der Waals surface area contributed by atoms with E-state index < -0.39 is 0 Å². The van der Waals surface area contributed by atoms with Gasteiger partial charge in [0.2, 0.25) is 0 Å². The van der Waals surface area contributed by atoms with Crippen molar-refractivity contribution in [1.82, 2.24) is 9.78 Å². The SMILES string of the molecule is CC(C)(C)c1cnn2c1N=CCC2=O. The van der Waals surface area contributed by atoms with Crippen molar-refractivity contribution >= 4 is 17.9 Å². The molecule has 4 heteroatoms. The largest absolute Gasteiger partial charge is 0.272 e. The van der Waals surface area contributed by atoms with Gasteiger partial charge in [-0.15, -0.1) is 0 Å². The lowest BCUT2D eigenvalue weighted by Crippen LogP contribution is -2.17. The first-order chi connectivity index (χ1) is 6.50. The molecule has 1 aliphatic rings. The van der Waals surface area contributed by atoms with Crippen LogP contribution in [0.5, 0.6) is 0 Å². The van der Waals surface area contributed by atoms with Crippen LogP contribution in [0.15, 0.2) is 11.2 Å². The van der Waals surface area contributed by atoms with E-state index in [9.17, 15) is 4.79 Å². The summed E-state index contributed by atoms with van der Waals surface area (Å²) in [7, 11) is 0. The second-order valence-electron chi connectivity index (χ2n) is 4.45. The van der Waals surface area contributed by atoms with Gasteiger partial charge in [-0.2, -0.15) is 9.78 Å². The van der Waals surface area contributed by atoms with Crippen molar-refractivity contribution in [2.45, 2.75) is 32.6 Å². The molecule has 0 saturated carbocycles. The fourth-order valence-electron chi connectivity index (χ4n) is 1.47. The standard InChI is InChI=1S/C10H13N3O/c1-10(2,3)7-6-12-13-8(14)4-5-11-9(7)13/h5-6H,4H2,1-3H3. The van der Waals surface area contributed by atoms with Gasteiger partial charge in [0.1, 0.15) is 0 Å². The van der Waals surface area contributed by atoms with Crippen molar-refractivity contribution < 1.29 is 4.79 Å². The van der Waals surface area contributed by atoms with Gasteiger partial charge in [-0.3, -0.25) is 4.79 Å². The van der Waals surface area contributed by atoms with Gasteiger partial charge in [0, 0.05) is 11.8 Å². The molecule has 1 aliphatic heterocycles. The van der Waals surface area contributed by atoms with E-state index >= 15 is 0 Å². The molecule has 0 saturated heterocycles. The van der Waals surface area contributed by atoms with Gasteiger partial charge in [0.05, 0.1) is 12.6 Å². The molecule has 14 heavy (non-hydrogen) atoms. The second kappa shape index (κ2) is 2.77. The fourth-order valence-corrected chi connectivity index (χ4v) is 1.47. The van der Waals surface area contributed by atoms with E-state index in [0.717, 1.165) is 5.56 Å². The van der Waals surface area contributed by atoms with Crippen LogP contribution in [0.2, 0.25) is 0 Å². The number of carbonyl (C=O) groups excluding carboxylic acids is 1. The maximum Gasteiger partial charge on any atom is 0.254 e. The van der Waals surface area contributed by atoms with Crippen LogP contribution in [0, 0.1) is 0 Å². The van der Waals surface area contributed by atoms with E-state index in [1.165, 1.54) is 4.68 Å². The molecule has 0 fully saturated rings. The van der Waals surface area contributed by atoms with Crippen molar-refractivity contribution in [3.8, 4) is 0 Å². The molecule has 2 rings (SSSR count). The maximum atomic E-state index is 11.4. The zero-order valence-corrected chi connectivity index (χ0v) is 8.61. The highest BCUT2D eigenvalue weighted by Crippen LogP contribution is 2.32. The molecule has 0 aromatic carbocycles. The summed E-state index contributed by atoms with van der Waals surface area (Å²) in [5.41, 5.74) is 0.990. The third-order valence-corrected chi connectivity index (χ3v) is 2.27. The summed E-state index contributed by atoms with van der Waals surface area (Å²) >= 11 is 0. The Morgan fingerprint density at radius 1 is 1.43 bits per heavy atom. The first-order valence-electron chi connectivity index (χ1n) is 4.64. The van der Waals surface area contributed by atoms with Crippen molar-refractivity contribution in [3.05, 3.63) is 11.8 Å². The zero-order valence-electron chi connectivity index (χ0n) is 8.61. The number of aliphatic imine (C=N–C) groups is 1. The molecule has 0 radical (unpaired) electrons. The van der Waals surface area contributed by atoms with E-state index in [4.69, 9.17) is 0 Å². The van der Waals surface area contributed by atoms with Crippen LogP contribution in [0.3, 0.4) is 0 Å². The lowest BCUT2D eigenvalue weighted by atomic mass is 9.89. The molecular formula is C10H13N3O. The average Bonchev–Trinajstić information content (AvgIpc) is 2.47. The fraction of sp³-hybridized carbons (Fsp3) is 0.500. The Hall–Kier alpha value is -1.45. The average molecular weight is 191 g/mol. The van der Waals surface area contributed by atoms with Crippen LogP contribution in [0.25, 0.3) is 0 Å². The minimum Gasteiger partial charge on any atom is -0.272 e. The van der Waals surface area contributed by atoms with Crippen LogP contribution in [0.4, 0.5) is 5.82 Å². The Morgan fingerprint density at radius 2 is 2.14 bits per heavy atom. The van der Waals surface area contributed by atoms with Crippen LogP contribution in [-0.4, -0.2) is 21.9 Å². The van der Waals surface area contributed by atoms with Crippen molar-refractivity contribution in [2.75, 3.05) is 0 Å². The lowest BCUT2D eigenvalue weighted by molar-refractivity contribution is 0.0907. The van der Waals surface area contributed by atoms with Gasteiger partial charge in [-0.25, -0.2) is 4.99 Å². The number of carbonyl (C=O) groups is 1. The molecule has 0 bridgehead atoms. The van der Waals surface area contributed by atoms with E-state index in [1.807, 2.05) is 0 Å². The summed E-state index contributed by atoms with van der Waals surface area (Å²) in [5, 5.41) is 4.06. The third-order valence-electron chi connectivity index (χ3n) is 2.27. The number of nitrogens with zero attached hydrogens (tertiary/aromatic N) is 3. The third kappa shape index (κ3) is 1.27. The summed E-state index contributed by atoms with van der Waals surface area (Å²) in [6, 6.07) is 0. The normalized spacial score (nSPS) is 15.8. The Kier molecular flexibility index (Phi) is 1.80. The zero-order chi connectivity index (χ0) is 10.3. The molecule has 4 nitrogen and oxygen atoms in total. The van der Waals surface area contributed by atoms with Crippen molar-refractivity contribution in [1.29, 1.82) is 0 Å². The first kappa shape index (κ1) is 9.12. The maximum absolute atomic E-state index is 11.4. The number of hydrogen-bond donors (Lipinski definition) is 0. The summed E-state index contributed by atoms with van der Waals surface area (Å²) in [4.78, 5) is 15.7. The van der Waals surface area contributed by atoms with Gasteiger partial charge in [0.25, 0.3) is 5.91 Å². The predicted octanol–water partition coefficient (Wildman–Crippen LogP) is 1.93. The summed E-state index contributed by atoms with van der Waals surface area (Å²) in [5.74, 6) is 0.680. The smallest absolute Gasteiger partial charge is 0.254 e. The van der Waals surface area contributed by atoms with E-state index in [2.05, 4.69) is 30.9 Å². The Morgan fingerprint density at radius 3 is 2.79 bits per heavy atom.